The van der Waals surface area contributed by atoms with Gasteiger partial charge in [0.1, 0.15) is 12.4 Å². The Morgan fingerprint density at radius 2 is 1.73 bits per heavy atom. The van der Waals surface area contributed by atoms with E-state index in [2.05, 4.69) is 5.10 Å². The van der Waals surface area contributed by atoms with Gasteiger partial charge in [0.25, 0.3) is 10.0 Å². The van der Waals surface area contributed by atoms with Gasteiger partial charge in [0.15, 0.2) is 12.3 Å². The predicted molar refractivity (Wildman–Crippen MR) is 182 cm³/mol. The van der Waals surface area contributed by atoms with Crippen LogP contribution in [-0.4, -0.2) is 57.6 Å². The SMILES string of the molecule is Cc1ccc(S(=O)(=O)n2ncc3cc4c(-c5ccc(F)cc5)c(C(C)C)c(OC5CN(C(=O)OCc6ccccc6)C5O)nc4cc32)cc1. The molecule has 49 heavy (non-hydrogen) atoms. The molecule has 1 aliphatic rings. The van der Waals surface area contributed by atoms with Crippen LogP contribution in [0, 0.1) is 12.7 Å². The van der Waals surface area contributed by atoms with Crippen molar-refractivity contribution in [2.24, 2.45) is 0 Å². The largest absolute Gasteiger partial charge is 0.467 e. The van der Waals surface area contributed by atoms with Gasteiger partial charge in [-0.25, -0.2) is 14.2 Å². The number of fused-ring (bicyclic) bond motifs is 2. The number of aliphatic hydroxyl groups is 1. The zero-order valence-electron chi connectivity index (χ0n) is 26.9. The third-order valence-corrected chi connectivity index (χ3v) is 10.2. The lowest BCUT2D eigenvalue weighted by atomic mass is 9.90. The summed E-state index contributed by atoms with van der Waals surface area (Å²) in [5.74, 6) is -0.335. The summed E-state index contributed by atoms with van der Waals surface area (Å²) < 4.78 is 54.1. The number of amides is 1. The second-order valence-electron chi connectivity index (χ2n) is 12.4. The molecule has 1 amide bonds. The van der Waals surface area contributed by atoms with Crippen LogP contribution in [-0.2, 0) is 21.4 Å². The Morgan fingerprint density at radius 3 is 2.41 bits per heavy atom. The minimum atomic E-state index is -4.04. The third-order valence-electron chi connectivity index (χ3n) is 8.63. The van der Waals surface area contributed by atoms with Crippen LogP contribution in [0.1, 0.15) is 36.5 Å². The minimum absolute atomic E-state index is 0.0541. The van der Waals surface area contributed by atoms with Crippen molar-refractivity contribution >= 4 is 37.9 Å². The highest BCUT2D eigenvalue weighted by Crippen LogP contribution is 2.42. The zero-order valence-corrected chi connectivity index (χ0v) is 27.8. The molecule has 1 fully saturated rings. The fraction of sp³-hybridized carbons (Fsp3) is 0.216. The van der Waals surface area contributed by atoms with Gasteiger partial charge in [0.2, 0.25) is 5.88 Å². The number of benzene rings is 4. The molecule has 3 heterocycles. The summed E-state index contributed by atoms with van der Waals surface area (Å²) in [5.41, 5.74) is 4.57. The van der Waals surface area contributed by atoms with Crippen molar-refractivity contribution in [2.45, 2.75) is 50.5 Å². The Bertz CT molecular complexity index is 2290. The molecule has 0 aliphatic carbocycles. The van der Waals surface area contributed by atoms with Crippen LogP contribution in [0.2, 0.25) is 0 Å². The molecular formula is C37H33FN4O6S. The summed E-state index contributed by atoms with van der Waals surface area (Å²) in [5, 5.41) is 16.5. The zero-order chi connectivity index (χ0) is 34.4. The molecule has 2 aromatic heterocycles. The van der Waals surface area contributed by atoms with E-state index in [9.17, 15) is 22.7 Å². The molecule has 6 aromatic rings. The summed E-state index contributed by atoms with van der Waals surface area (Å²) in [4.78, 5) is 18.9. The number of halogens is 1. The number of nitrogens with zero attached hydrogens (tertiary/aromatic N) is 4. The summed E-state index contributed by atoms with van der Waals surface area (Å²) in [6.45, 7) is 5.93. The molecule has 2 unspecified atom stereocenters. The van der Waals surface area contributed by atoms with Gasteiger partial charge in [-0.3, -0.25) is 4.90 Å². The highest BCUT2D eigenvalue weighted by molar-refractivity contribution is 7.90. The Kier molecular flexibility index (Phi) is 8.29. The van der Waals surface area contributed by atoms with Gasteiger partial charge in [-0.1, -0.05) is 74.0 Å². The van der Waals surface area contributed by atoms with Crippen LogP contribution in [0.5, 0.6) is 5.88 Å². The maximum absolute atomic E-state index is 14.1. The maximum Gasteiger partial charge on any atom is 0.412 e. The summed E-state index contributed by atoms with van der Waals surface area (Å²) >= 11 is 0. The first-order chi connectivity index (χ1) is 23.5. The van der Waals surface area contributed by atoms with Crippen LogP contribution in [0.4, 0.5) is 9.18 Å². The predicted octanol–water partition coefficient (Wildman–Crippen LogP) is 6.78. The van der Waals surface area contributed by atoms with Gasteiger partial charge >= 0.3 is 6.09 Å². The normalized spacial score (nSPS) is 16.2. The molecule has 0 radical (unpaired) electrons. The van der Waals surface area contributed by atoms with Crippen molar-refractivity contribution in [1.82, 2.24) is 19.1 Å². The van der Waals surface area contributed by atoms with E-state index in [0.29, 0.717) is 32.9 Å². The lowest BCUT2D eigenvalue weighted by Crippen LogP contribution is -2.64. The molecular weight excluding hydrogens is 647 g/mol. The van der Waals surface area contributed by atoms with E-state index in [1.54, 1.807) is 30.3 Å². The average molecular weight is 681 g/mol. The quantitative estimate of drug-likeness (QED) is 0.187. The molecule has 0 bridgehead atoms. The smallest absolute Gasteiger partial charge is 0.412 e. The number of hydrogen-bond donors (Lipinski definition) is 1. The number of rotatable bonds is 8. The molecule has 4 aromatic carbocycles. The maximum atomic E-state index is 14.1. The first-order valence-electron chi connectivity index (χ1n) is 15.8. The van der Waals surface area contributed by atoms with Crippen molar-refractivity contribution in [2.75, 3.05) is 6.54 Å². The first kappa shape index (κ1) is 32.2. The van der Waals surface area contributed by atoms with Gasteiger partial charge in [-0.05, 0) is 65.9 Å². The van der Waals surface area contributed by atoms with Crippen molar-refractivity contribution in [3.05, 3.63) is 120 Å². The number of likely N-dealkylation sites (tertiary alicyclic amines) is 1. The number of carbonyl (C=O) groups excluding carboxylic acids is 1. The van der Waals surface area contributed by atoms with E-state index in [1.807, 2.05) is 57.2 Å². The van der Waals surface area contributed by atoms with E-state index >= 15 is 0 Å². The van der Waals surface area contributed by atoms with Crippen molar-refractivity contribution in [3.8, 4) is 17.0 Å². The molecule has 250 valence electrons. The summed E-state index contributed by atoms with van der Waals surface area (Å²) in [6.07, 6.45) is -1.29. The second kappa shape index (κ2) is 12.6. The average Bonchev–Trinajstić information content (AvgIpc) is 3.51. The lowest BCUT2D eigenvalue weighted by Gasteiger charge is -2.43. The fourth-order valence-corrected chi connectivity index (χ4v) is 7.26. The molecule has 12 heteroatoms. The summed E-state index contributed by atoms with van der Waals surface area (Å²) in [6, 6.07) is 25.3. The number of carbonyl (C=O) groups is 1. The highest BCUT2D eigenvalue weighted by Gasteiger charge is 2.44. The Hall–Kier alpha value is -5.33. The number of aryl methyl sites for hydroxylation is 1. The van der Waals surface area contributed by atoms with Crippen LogP contribution in [0.25, 0.3) is 32.9 Å². The molecule has 1 saturated heterocycles. The molecule has 0 saturated carbocycles. The molecule has 0 spiro atoms. The third kappa shape index (κ3) is 5.98. The van der Waals surface area contributed by atoms with Gasteiger partial charge in [-0.2, -0.15) is 17.6 Å². The lowest BCUT2D eigenvalue weighted by molar-refractivity contribution is -0.145. The van der Waals surface area contributed by atoms with Gasteiger partial charge in [0, 0.05) is 16.3 Å². The molecule has 1 aliphatic heterocycles. The Balaban J connectivity index is 1.29. The van der Waals surface area contributed by atoms with E-state index in [4.69, 9.17) is 14.5 Å². The number of pyridine rings is 1. The molecule has 7 rings (SSSR count). The number of aromatic nitrogens is 3. The van der Waals surface area contributed by atoms with E-state index in [0.717, 1.165) is 20.8 Å². The highest BCUT2D eigenvalue weighted by atomic mass is 32.2. The Labute approximate surface area is 282 Å². The van der Waals surface area contributed by atoms with Crippen LogP contribution >= 0.6 is 0 Å². The molecule has 10 nitrogen and oxygen atoms in total. The number of ether oxygens (including phenoxy) is 2. The molecule has 1 N–H and O–H groups in total. The minimum Gasteiger partial charge on any atom is -0.467 e. The number of hydrogen-bond acceptors (Lipinski definition) is 8. The van der Waals surface area contributed by atoms with Crippen LogP contribution < -0.4 is 4.74 Å². The monoisotopic (exact) mass is 680 g/mol. The number of aliphatic hydroxyl groups excluding tert-OH is 1. The molecule has 2 atom stereocenters. The van der Waals surface area contributed by atoms with E-state index in [1.165, 1.54) is 35.4 Å². The van der Waals surface area contributed by atoms with Gasteiger partial charge in [0.05, 0.1) is 28.7 Å². The van der Waals surface area contributed by atoms with Gasteiger partial charge in [-0.15, -0.1) is 0 Å². The van der Waals surface area contributed by atoms with Crippen molar-refractivity contribution in [1.29, 1.82) is 0 Å². The van der Waals surface area contributed by atoms with Crippen LogP contribution in [0.3, 0.4) is 0 Å². The second-order valence-corrected chi connectivity index (χ2v) is 14.1. The van der Waals surface area contributed by atoms with Gasteiger partial charge < -0.3 is 14.6 Å². The standard InChI is InChI=1S/C37H33FN4O6S/c1-22(2)33-34(25-11-13-27(38)14-12-25)29-17-26-19-39-42(49(45,46)28-15-9-23(3)10-16-28)31(26)18-30(29)40-35(33)48-32-20-41(36(32)43)37(44)47-21-24-7-5-4-6-8-24/h4-19,22,32,36,43H,20-21H2,1-3H3. The topological polar surface area (TPSA) is 124 Å². The fourth-order valence-electron chi connectivity index (χ4n) is 5.99. The van der Waals surface area contributed by atoms with E-state index in [-0.39, 0.29) is 29.8 Å². The van der Waals surface area contributed by atoms with Crippen LogP contribution in [0.15, 0.2) is 102 Å². The van der Waals surface area contributed by atoms with Crippen molar-refractivity contribution in [3.63, 3.8) is 0 Å². The van der Waals surface area contributed by atoms with Crippen molar-refractivity contribution < 1.29 is 32.2 Å². The Morgan fingerprint density at radius 1 is 1.02 bits per heavy atom. The van der Waals surface area contributed by atoms with E-state index < -0.39 is 34.3 Å². The summed E-state index contributed by atoms with van der Waals surface area (Å²) in [7, 11) is -4.04. The first-order valence-corrected chi connectivity index (χ1v) is 17.2.